The molecule has 0 amide bonds. The van der Waals surface area contributed by atoms with Crippen molar-refractivity contribution in [2.45, 2.75) is 40.2 Å². The van der Waals surface area contributed by atoms with Gasteiger partial charge in [0.15, 0.2) is 11.3 Å². The molecule has 0 unspecified atom stereocenters. The van der Waals surface area contributed by atoms with Crippen LogP contribution < -0.4 is 5.32 Å². The zero-order valence-electron chi connectivity index (χ0n) is 17.8. The van der Waals surface area contributed by atoms with E-state index in [0.717, 1.165) is 29.8 Å². The number of aromatic nitrogens is 5. The molecule has 7 nitrogen and oxygen atoms in total. The van der Waals surface area contributed by atoms with Crippen LogP contribution in [0.2, 0.25) is 0 Å². The third kappa shape index (κ3) is 3.52. The van der Waals surface area contributed by atoms with Gasteiger partial charge in [-0.05, 0) is 43.0 Å². The molecule has 3 aromatic heterocycles. The first-order valence-electron chi connectivity index (χ1n) is 10.1. The zero-order chi connectivity index (χ0) is 21.3. The summed E-state index contributed by atoms with van der Waals surface area (Å²) in [7, 11) is 1.89. The van der Waals surface area contributed by atoms with E-state index in [1.54, 1.807) is 12.4 Å². The molecule has 30 heavy (non-hydrogen) atoms. The molecule has 0 spiro atoms. The summed E-state index contributed by atoms with van der Waals surface area (Å²) >= 11 is 0. The summed E-state index contributed by atoms with van der Waals surface area (Å²) in [5, 5.41) is 17.3. The lowest BCUT2D eigenvalue weighted by molar-refractivity contribution is 0.763. The van der Waals surface area contributed by atoms with Gasteiger partial charge in [0.05, 0.1) is 23.1 Å². The molecule has 0 aliphatic rings. The fraction of sp³-hybridized carbons (Fsp3) is 0.304. The number of rotatable bonds is 6. The van der Waals surface area contributed by atoms with E-state index < -0.39 is 0 Å². The maximum atomic E-state index is 9.40. The molecule has 0 atom stereocenters. The van der Waals surface area contributed by atoms with Gasteiger partial charge in [-0.3, -0.25) is 9.08 Å². The number of anilines is 1. The second-order valence-electron chi connectivity index (χ2n) is 7.54. The number of hydrogen-bond acceptors (Lipinski definition) is 5. The second kappa shape index (κ2) is 7.99. The lowest BCUT2D eigenvalue weighted by Gasteiger charge is -2.14. The summed E-state index contributed by atoms with van der Waals surface area (Å²) in [6, 6.07) is 10.5. The number of benzene rings is 1. The first-order chi connectivity index (χ1) is 14.5. The molecular formula is C23H25N7. The normalized spacial score (nSPS) is 11.0. The predicted molar refractivity (Wildman–Crippen MR) is 117 cm³/mol. The first-order valence-corrected chi connectivity index (χ1v) is 10.1. The number of aryl methyl sites for hydroxylation is 3. The number of nitrogens with zero attached hydrogens (tertiary/aromatic N) is 6. The number of nitriles is 1. The van der Waals surface area contributed by atoms with Crippen molar-refractivity contribution in [3.63, 3.8) is 0 Å². The van der Waals surface area contributed by atoms with Gasteiger partial charge in [0.25, 0.3) is 0 Å². The Balaban J connectivity index is 1.74. The topological polar surface area (TPSA) is 83.8 Å². The van der Waals surface area contributed by atoms with Gasteiger partial charge >= 0.3 is 0 Å². The highest BCUT2D eigenvalue weighted by Gasteiger charge is 2.16. The Kier molecular flexibility index (Phi) is 5.23. The third-order valence-electron chi connectivity index (χ3n) is 5.33. The van der Waals surface area contributed by atoms with Gasteiger partial charge in [-0.1, -0.05) is 31.5 Å². The van der Waals surface area contributed by atoms with Crippen molar-refractivity contribution in [2.24, 2.45) is 7.05 Å². The molecule has 0 fully saturated rings. The average Bonchev–Trinajstić information content (AvgIpc) is 3.31. The average molecular weight is 400 g/mol. The summed E-state index contributed by atoms with van der Waals surface area (Å²) < 4.78 is 3.66. The largest absolute Gasteiger partial charge is 0.351 e. The van der Waals surface area contributed by atoms with Crippen molar-refractivity contribution in [1.82, 2.24) is 24.1 Å². The van der Waals surface area contributed by atoms with E-state index in [0.29, 0.717) is 23.8 Å². The molecule has 0 saturated heterocycles. The van der Waals surface area contributed by atoms with Crippen LogP contribution in [0.1, 0.15) is 41.4 Å². The van der Waals surface area contributed by atoms with Gasteiger partial charge in [-0.15, -0.1) is 0 Å². The molecule has 7 heteroatoms. The van der Waals surface area contributed by atoms with Crippen molar-refractivity contribution in [3.05, 3.63) is 64.7 Å². The van der Waals surface area contributed by atoms with Gasteiger partial charge in [-0.25, -0.2) is 9.97 Å². The molecule has 0 aliphatic heterocycles. The van der Waals surface area contributed by atoms with Crippen molar-refractivity contribution in [3.8, 4) is 17.3 Å². The van der Waals surface area contributed by atoms with Gasteiger partial charge in [0.2, 0.25) is 5.95 Å². The fourth-order valence-corrected chi connectivity index (χ4v) is 3.92. The quantitative estimate of drug-likeness (QED) is 0.526. The number of hydrogen-bond donors (Lipinski definition) is 1. The first kappa shape index (κ1) is 19.6. The highest BCUT2D eigenvalue weighted by molar-refractivity contribution is 5.76. The van der Waals surface area contributed by atoms with Crippen LogP contribution in [0.5, 0.6) is 0 Å². The SMILES string of the molecule is CCCc1c(C)cccc1CNc1ncc(-c2cc(C)nn2C)c2nc(C#N)cn12. The molecule has 4 aromatic rings. The Morgan fingerprint density at radius 2 is 2.07 bits per heavy atom. The van der Waals surface area contributed by atoms with Crippen LogP contribution in [0, 0.1) is 25.2 Å². The smallest absolute Gasteiger partial charge is 0.208 e. The molecular weight excluding hydrogens is 374 g/mol. The second-order valence-corrected chi connectivity index (χ2v) is 7.54. The summed E-state index contributed by atoms with van der Waals surface area (Å²) in [5.74, 6) is 0.658. The maximum absolute atomic E-state index is 9.40. The standard InChI is InChI=1S/C23H25N7/c1-5-7-19-15(2)8-6-9-17(19)12-25-23-26-13-20(21-10-16(3)28-29(21)4)22-27-18(11-24)14-30(22)23/h6,8-10,13-14H,5,7,12H2,1-4H3,(H,25,26). The van der Waals surface area contributed by atoms with E-state index in [-0.39, 0.29) is 0 Å². The van der Waals surface area contributed by atoms with Gasteiger partial charge < -0.3 is 5.32 Å². The van der Waals surface area contributed by atoms with E-state index in [2.05, 4.69) is 58.5 Å². The summed E-state index contributed by atoms with van der Waals surface area (Å²) in [6.45, 7) is 6.96. The van der Waals surface area contributed by atoms with Crippen molar-refractivity contribution in [1.29, 1.82) is 5.26 Å². The third-order valence-corrected chi connectivity index (χ3v) is 5.33. The Hall–Kier alpha value is -3.66. The van der Waals surface area contributed by atoms with E-state index >= 15 is 0 Å². The van der Waals surface area contributed by atoms with Crippen molar-refractivity contribution < 1.29 is 0 Å². The van der Waals surface area contributed by atoms with Crippen molar-refractivity contribution >= 4 is 11.6 Å². The van der Waals surface area contributed by atoms with Crippen LogP contribution in [0.3, 0.4) is 0 Å². The zero-order valence-corrected chi connectivity index (χ0v) is 17.8. The molecule has 152 valence electrons. The van der Waals surface area contributed by atoms with Gasteiger partial charge in [-0.2, -0.15) is 10.4 Å². The van der Waals surface area contributed by atoms with Crippen LogP contribution in [0.25, 0.3) is 16.9 Å². The Morgan fingerprint density at radius 3 is 2.77 bits per heavy atom. The molecule has 3 heterocycles. The van der Waals surface area contributed by atoms with E-state index in [1.165, 1.54) is 16.7 Å². The summed E-state index contributed by atoms with van der Waals surface area (Å²) in [4.78, 5) is 9.17. The van der Waals surface area contributed by atoms with Crippen LogP contribution in [-0.2, 0) is 20.0 Å². The molecule has 1 N–H and O–H groups in total. The minimum atomic E-state index is 0.355. The highest BCUT2D eigenvalue weighted by atomic mass is 15.3. The van der Waals surface area contributed by atoms with Crippen LogP contribution in [-0.4, -0.2) is 24.1 Å². The molecule has 4 rings (SSSR count). The Labute approximate surface area is 176 Å². The molecule has 1 aromatic carbocycles. The minimum absolute atomic E-state index is 0.355. The Morgan fingerprint density at radius 1 is 1.23 bits per heavy atom. The molecule has 0 radical (unpaired) electrons. The number of fused-ring (bicyclic) bond motifs is 1. The monoisotopic (exact) mass is 399 g/mol. The fourth-order valence-electron chi connectivity index (χ4n) is 3.92. The predicted octanol–water partition coefficient (Wildman–Crippen LogP) is 4.18. The van der Waals surface area contributed by atoms with Crippen LogP contribution in [0.4, 0.5) is 5.95 Å². The summed E-state index contributed by atoms with van der Waals surface area (Å²) in [6.07, 6.45) is 5.67. The van der Waals surface area contributed by atoms with Crippen LogP contribution in [0.15, 0.2) is 36.7 Å². The minimum Gasteiger partial charge on any atom is -0.351 e. The molecule has 0 aliphatic carbocycles. The maximum Gasteiger partial charge on any atom is 0.208 e. The lowest BCUT2D eigenvalue weighted by Crippen LogP contribution is -2.09. The highest BCUT2D eigenvalue weighted by Crippen LogP contribution is 2.26. The number of imidazole rings is 1. The van der Waals surface area contributed by atoms with Gasteiger partial charge in [0, 0.05) is 19.8 Å². The van der Waals surface area contributed by atoms with Crippen molar-refractivity contribution in [2.75, 3.05) is 5.32 Å². The summed E-state index contributed by atoms with van der Waals surface area (Å²) in [5.41, 5.74) is 7.67. The van der Waals surface area contributed by atoms with E-state index in [4.69, 9.17) is 0 Å². The van der Waals surface area contributed by atoms with E-state index in [9.17, 15) is 5.26 Å². The lowest BCUT2D eigenvalue weighted by atomic mass is 9.98. The molecule has 0 bridgehead atoms. The Bertz CT molecular complexity index is 1260. The molecule has 0 saturated carbocycles. The van der Waals surface area contributed by atoms with E-state index in [1.807, 2.05) is 29.1 Å². The number of nitrogens with one attached hydrogen (secondary N) is 1. The van der Waals surface area contributed by atoms with Gasteiger partial charge in [0.1, 0.15) is 6.07 Å². The van der Waals surface area contributed by atoms with Crippen LogP contribution >= 0.6 is 0 Å².